The molecular weight excluding hydrogens is 714 g/mol. The molecule has 11 nitrogen and oxygen atoms in total. The molecule has 2 aliphatic carbocycles. The number of carbonyl (C=O) groups is 2. The van der Waals surface area contributed by atoms with Gasteiger partial charge in [0.2, 0.25) is 5.88 Å². The zero-order valence-electron chi connectivity index (χ0n) is 30.6. The lowest BCUT2D eigenvalue weighted by atomic mass is 9.68. The van der Waals surface area contributed by atoms with Crippen LogP contribution in [-0.4, -0.2) is 71.1 Å². The van der Waals surface area contributed by atoms with Crippen LogP contribution in [0.4, 0.5) is 5.69 Å². The number of benzene rings is 2. The number of allylic oxidation sites excluding steroid dienone is 1. The van der Waals surface area contributed by atoms with E-state index in [1.165, 1.54) is 29.1 Å². The Kier molecular flexibility index (Phi) is 10.7. The monoisotopic (exact) mass is 761 g/mol. The number of methoxy groups -OCH3 is 1. The van der Waals surface area contributed by atoms with Gasteiger partial charge in [-0.2, -0.15) is 0 Å². The molecule has 1 fully saturated rings. The van der Waals surface area contributed by atoms with E-state index in [1.54, 1.807) is 19.2 Å². The standard InChI is InChI=1S/C40H48ClN5O6S/c1-5-18-51-35-10-6-8-26(2)23-53(49,44-38(48)32-22-45(3)42-39(32)50-4)43-37(47)28-12-16-36-34(20-28)46(21-29-11-14-31(29)35)24-40(25-52-36)17-7-9-27-19-30(41)13-15-33(27)40/h5-6,10,12-13,15-16,19-20,22,26,29,31,35H,1,7-9,11,14,17-18,21,23-25H2,2-4H3,(H,43,44,47,48,49)/b10-6-/t26-,29-,31+,35+,40-,53-/m0/s1. The normalized spacial score (nSPS) is 29.0. The summed E-state index contributed by atoms with van der Waals surface area (Å²) in [6.07, 6.45) is 12.9. The van der Waals surface area contributed by atoms with Crippen molar-refractivity contribution in [3.63, 3.8) is 0 Å². The van der Waals surface area contributed by atoms with Crippen molar-refractivity contribution < 1.29 is 28.0 Å². The molecule has 6 atom stereocenters. The molecular formula is C40H48ClN5O6S. The van der Waals surface area contributed by atoms with Crippen molar-refractivity contribution in [1.29, 1.82) is 0 Å². The first kappa shape index (κ1) is 37.2. The first-order valence-corrected chi connectivity index (χ1v) is 20.4. The van der Waals surface area contributed by atoms with Gasteiger partial charge in [0.25, 0.3) is 11.8 Å². The topological polar surface area (TPSA) is 124 Å². The zero-order chi connectivity index (χ0) is 37.3. The lowest BCUT2D eigenvalue weighted by Gasteiger charge is -2.46. The van der Waals surface area contributed by atoms with Crippen LogP contribution < -0.4 is 19.1 Å². The molecule has 3 heterocycles. The Morgan fingerprint density at radius 1 is 1.25 bits per heavy atom. The fourth-order valence-corrected chi connectivity index (χ4v) is 10.5. The summed E-state index contributed by atoms with van der Waals surface area (Å²) in [4.78, 5) is 30.0. The second kappa shape index (κ2) is 15.3. The lowest BCUT2D eigenvalue weighted by molar-refractivity contribution is -0.00223. The number of halogens is 1. The Morgan fingerprint density at radius 3 is 2.87 bits per heavy atom. The summed E-state index contributed by atoms with van der Waals surface area (Å²) >= 11 is 6.47. The second-order valence-corrected chi connectivity index (χ2v) is 17.4. The summed E-state index contributed by atoms with van der Waals surface area (Å²) in [5.74, 6) is -0.222. The molecule has 0 unspecified atom stereocenters. The van der Waals surface area contributed by atoms with Gasteiger partial charge in [-0.25, -0.2) is 4.21 Å². The molecule has 53 heavy (non-hydrogen) atoms. The van der Waals surface area contributed by atoms with Crippen LogP contribution in [0.15, 0.2) is 71.8 Å². The van der Waals surface area contributed by atoms with Gasteiger partial charge < -0.3 is 19.1 Å². The van der Waals surface area contributed by atoms with Crippen LogP contribution in [0, 0.1) is 17.8 Å². The van der Waals surface area contributed by atoms with E-state index in [9.17, 15) is 13.8 Å². The number of hydrogen-bond acceptors (Lipinski definition) is 8. The molecule has 0 radical (unpaired) electrons. The van der Waals surface area contributed by atoms with Gasteiger partial charge in [-0.3, -0.25) is 19.0 Å². The smallest absolute Gasteiger partial charge is 0.286 e. The van der Waals surface area contributed by atoms with Crippen molar-refractivity contribution in [2.24, 2.45) is 29.2 Å². The summed E-state index contributed by atoms with van der Waals surface area (Å²) in [6, 6.07) is 11.5. The van der Waals surface area contributed by atoms with Gasteiger partial charge in [0.15, 0.2) is 0 Å². The van der Waals surface area contributed by atoms with E-state index in [4.69, 9.17) is 25.8 Å². The quantitative estimate of drug-likeness (QED) is 0.276. The number of nitrogens with one attached hydrogen (secondary N) is 1. The van der Waals surface area contributed by atoms with E-state index < -0.39 is 21.7 Å². The van der Waals surface area contributed by atoms with E-state index in [1.807, 2.05) is 25.1 Å². The average molecular weight is 762 g/mol. The lowest BCUT2D eigenvalue weighted by Crippen LogP contribution is -2.49. The maximum Gasteiger partial charge on any atom is 0.286 e. The molecule has 2 aromatic carbocycles. The minimum atomic E-state index is -3.62. The number of carbonyl (C=O) groups excluding carboxylic acids is 2. The fraction of sp³-hybridized carbons (Fsp3) is 0.475. The maximum absolute atomic E-state index is 14.6. The highest BCUT2D eigenvalue weighted by Gasteiger charge is 2.44. The molecule has 13 heteroatoms. The van der Waals surface area contributed by atoms with Crippen molar-refractivity contribution >= 4 is 39.0 Å². The predicted molar refractivity (Wildman–Crippen MR) is 206 cm³/mol. The summed E-state index contributed by atoms with van der Waals surface area (Å²) < 4.78 is 41.3. The maximum atomic E-state index is 14.6. The zero-order valence-corrected chi connectivity index (χ0v) is 32.2. The Labute approximate surface area is 317 Å². The first-order valence-electron chi connectivity index (χ1n) is 18.4. The van der Waals surface area contributed by atoms with Crippen LogP contribution in [0.5, 0.6) is 11.6 Å². The van der Waals surface area contributed by atoms with E-state index in [0.29, 0.717) is 37.8 Å². The molecule has 0 saturated heterocycles. The van der Waals surface area contributed by atoms with E-state index in [2.05, 4.69) is 49.9 Å². The Morgan fingerprint density at radius 2 is 2.09 bits per heavy atom. The molecule has 282 valence electrons. The van der Waals surface area contributed by atoms with Crippen molar-refractivity contribution in [3.05, 3.63) is 94.7 Å². The number of hydrogen-bond donors (Lipinski definition) is 1. The number of amides is 2. The molecule has 1 spiro atoms. The van der Waals surface area contributed by atoms with Crippen LogP contribution >= 0.6 is 11.6 Å². The number of rotatable bonds is 6. The van der Waals surface area contributed by atoms with E-state index >= 15 is 0 Å². The summed E-state index contributed by atoms with van der Waals surface area (Å²) in [6.45, 7) is 8.17. The SMILES string of the molecule is C=CCO[C@@H]1/C=C\C[C@H](C)C[S@@](=O)(NC(=O)c2cn(C)nc2OC)=NC(=O)c2ccc3c(c2)N(C[C@@H]2CC[C@H]21)C[C@@]1(CCCc2cc(Cl)ccc21)CO3. The third kappa shape index (κ3) is 7.77. The number of anilines is 1. The molecule has 7 rings (SSSR count). The third-order valence-electron chi connectivity index (χ3n) is 11.1. The number of ether oxygens (including phenoxy) is 3. The summed E-state index contributed by atoms with van der Waals surface area (Å²) in [5.41, 5.74) is 3.38. The van der Waals surface area contributed by atoms with Crippen molar-refractivity contribution in [2.45, 2.75) is 57.0 Å². The van der Waals surface area contributed by atoms with E-state index in [-0.39, 0.29) is 46.1 Å². The highest BCUT2D eigenvalue weighted by molar-refractivity contribution is 7.92. The van der Waals surface area contributed by atoms with Gasteiger partial charge in [0.05, 0.1) is 37.9 Å². The first-order chi connectivity index (χ1) is 25.5. The van der Waals surface area contributed by atoms with Gasteiger partial charge in [-0.05, 0) is 97.7 Å². The van der Waals surface area contributed by atoms with Crippen molar-refractivity contribution in [1.82, 2.24) is 14.5 Å². The minimum absolute atomic E-state index is 0.0479. The van der Waals surface area contributed by atoms with Gasteiger partial charge in [-0.1, -0.05) is 42.8 Å². The van der Waals surface area contributed by atoms with Gasteiger partial charge in [-0.15, -0.1) is 16.0 Å². The summed E-state index contributed by atoms with van der Waals surface area (Å²) in [7, 11) is -0.557. The van der Waals surface area contributed by atoms with Gasteiger partial charge in [0.1, 0.15) is 21.2 Å². The molecule has 1 N–H and O–H groups in total. The average Bonchev–Trinajstić information content (AvgIpc) is 3.43. The second-order valence-electron chi connectivity index (χ2n) is 15.0. The minimum Gasteiger partial charge on any atom is -0.490 e. The fourth-order valence-electron chi connectivity index (χ4n) is 8.45. The number of fused-ring (bicyclic) bond motifs is 4. The molecule has 1 aromatic heterocycles. The summed E-state index contributed by atoms with van der Waals surface area (Å²) in [5, 5.41) is 4.88. The van der Waals surface area contributed by atoms with Gasteiger partial charge in [0, 0.05) is 42.3 Å². The Hall–Kier alpha value is -4.13. The Bertz CT molecular complexity index is 2060. The van der Waals surface area contributed by atoms with Crippen LogP contribution in [0.1, 0.15) is 70.9 Å². The van der Waals surface area contributed by atoms with E-state index in [0.717, 1.165) is 49.4 Å². The van der Waals surface area contributed by atoms with Crippen LogP contribution in [-0.2, 0) is 33.5 Å². The largest absolute Gasteiger partial charge is 0.490 e. The van der Waals surface area contributed by atoms with Crippen molar-refractivity contribution in [2.75, 3.05) is 44.1 Å². The predicted octanol–water partition coefficient (Wildman–Crippen LogP) is 6.70. The van der Waals surface area contributed by atoms with Crippen LogP contribution in [0.25, 0.3) is 0 Å². The molecule has 1 saturated carbocycles. The molecule has 4 aliphatic rings. The molecule has 2 aliphatic heterocycles. The number of nitrogens with zero attached hydrogens (tertiary/aromatic N) is 4. The Balaban J connectivity index is 1.31. The van der Waals surface area contributed by atoms with Gasteiger partial charge >= 0.3 is 0 Å². The number of aromatic nitrogens is 2. The van der Waals surface area contributed by atoms with Crippen LogP contribution in [0.2, 0.25) is 5.02 Å². The van der Waals surface area contributed by atoms with Crippen LogP contribution in [0.3, 0.4) is 0 Å². The highest BCUT2D eigenvalue weighted by Crippen LogP contribution is 2.47. The number of aryl methyl sites for hydroxylation is 2. The third-order valence-corrected chi connectivity index (χ3v) is 13.4. The van der Waals surface area contributed by atoms with Crippen molar-refractivity contribution in [3.8, 4) is 11.6 Å². The molecule has 2 amide bonds. The molecule has 3 aromatic rings. The molecule has 2 bridgehead atoms. The highest BCUT2D eigenvalue weighted by atomic mass is 35.5.